The quantitative estimate of drug-likeness (QED) is 0.350. The van der Waals surface area contributed by atoms with Gasteiger partial charge in [-0.25, -0.2) is 4.98 Å². The van der Waals surface area contributed by atoms with Gasteiger partial charge in [-0.15, -0.1) is 0 Å². The Morgan fingerprint density at radius 1 is 1.26 bits per heavy atom. The van der Waals surface area contributed by atoms with Crippen molar-refractivity contribution in [3.63, 3.8) is 0 Å². The molecule has 3 rings (SSSR count). The fourth-order valence-electron chi connectivity index (χ4n) is 2.39. The Morgan fingerprint density at radius 3 is 2.78 bits per heavy atom. The minimum atomic E-state index is -0.0750. The molecule has 23 heavy (non-hydrogen) atoms. The average molecular weight is 438 g/mol. The molecule has 3 aromatic rings. The van der Waals surface area contributed by atoms with Gasteiger partial charge in [-0.3, -0.25) is 9.36 Å². The summed E-state index contributed by atoms with van der Waals surface area (Å²) in [5.74, 6) is 1.48. The van der Waals surface area contributed by atoms with Crippen molar-refractivity contribution in [2.75, 3.05) is 12.9 Å². The van der Waals surface area contributed by atoms with Crippen molar-refractivity contribution in [3.8, 4) is 11.4 Å². The Hall–Kier alpha value is -1.54. The van der Waals surface area contributed by atoms with Crippen LogP contribution < -0.4 is 10.3 Å². The number of thioether (sulfide) groups is 1. The third kappa shape index (κ3) is 3.10. The summed E-state index contributed by atoms with van der Waals surface area (Å²) in [4.78, 5) is 17.8. The van der Waals surface area contributed by atoms with Gasteiger partial charge in [0, 0.05) is 3.57 Å². The zero-order chi connectivity index (χ0) is 16.4. The summed E-state index contributed by atoms with van der Waals surface area (Å²) in [6.45, 7) is 2.04. The highest BCUT2D eigenvalue weighted by atomic mass is 127. The third-order valence-electron chi connectivity index (χ3n) is 3.40. The lowest BCUT2D eigenvalue weighted by Gasteiger charge is -2.15. The molecule has 0 bridgehead atoms. The normalized spacial score (nSPS) is 10.9. The number of hydrogen-bond donors (Lipinski definition) is 0. The zero-order valence-electron chi connectivity index (χ0n) is 12.7. The van der Waals surface area contributed by atoms with Gasteiger partial charge in [0.1, 0.15) is 5.75 Å². The van der Waals surface area contributed by atoms with Crippen LogP contribution >= 0.6 is 34.4 Å². The monoisotopic (exact) mass is 438 g/mol. The number of benzene rings is 2. The molecule has 0 radical (unpaired) electrons. The van der Waals surface area contributed by atoms with Crippen molar-refractivity contribution < 1.29 is 4.74 Å². The maximum atomic E-state index is 13.1. The van der Waals surface area contributed by atoms with Crippen LogP contribution in [0.3, 0.4) is 0 Å². The van der Waals surface area contributed by atoms with Gasteiger partial charge in [-0.05, 0) is 58.7 Å². The molecule has 0 aliphatic rings. The number of fused-ring (bicyclic) bond motifs is 1. The second-order valence-corrected chi connectivity index (χ2v) is 7.28. The summed E-state index contributed by atoms with van der Waals surface area (Å²) in [6, 6.07) is 13.2. The standard InChI is InChI=1S/C17H15IN2O2S/c1-3-23-17-19-13-9-8-11(18)10-12(13)16(21)20(17)14-6-4-5-7-15(14)22-2/h4-10H,3H2,1-2H3. The minimum absolute atomic E-state index is 0.0750. The molecule has 0 aliphatic carbocycles. The SMILES string of the molecule is CCSc1nc2ccc(I)cc2c(=O)n1-c1ccccc1OC. The number of ether oxygens (including phenoxy) is 1. The molecular weight excluding hydrogens is 423 g/mol. The highest BCUT2D eigenvalue weighted by molar-refractivity contribution is 14.1. The van der Waals surface area contributed by atoms with Crippen LogP contribution in [0.4, 0.5) is 0 Å². The van der Waals surface area contributed by atoms with Crippen LogP contribution in [0.25, 0.3) is 16.6 Å². The van der Waals surface area contributed by atoms with Crippen LogP contribution in [-0.4, -0.2) is 22.4 Å². The van der Waals surface area contributed by atoms with Crippen molar-refractivity contribution in [1.29, 1.82) is 0 Å². The van der Waals surface area contributed by atoms with E-state index in [9.17, 15) is 4.79 Å². The van der Waals surface area contributed by atoms with Crippen molar-refractivity contribution in [2.45, 2.75) is 12.1 Å². The van der Waals surface area contributed by atoms with Crippen LogP contribution in [-0.2, 0) is 0 Å². The first-order valence-corrected chi connectivity index (χ1v) is 9.20. The van der Waals surface area contributed by atoms with E-state index in [1.54, 1.807) is 23.4 Å². The number of rotatable bonds is 4. The molecule has 2 aromatic carbocycles. The first-order valence-electron chi connectivity index (χ1n) is 7.14. The fourth-order valence-corrected chi connectivity index (χ4v) is 3.61. The Morgan fingerprint density at radius 2 is 2.04 bits per heavy atom. The highest BCUT2D eigenvalue weighted by Crippen LogP contribution is 2.27. The second-order valence-electron chi connectivity index (χ2n) is 4.80. The molecule has 0 saturated carbocycles. The van der Waals surface area contributed by atoms with Crippen LogP contribution in [0.2, 0.25) is 0 Å². The Balaban J connectivity index is 2.39. The van der Waals surface area contributed by atoms with Gasteiger partial charge in [0.25, 0.3) is 5.56 Å². The topological polar surface area (TPSA) is 44.1 Å². The van der Waals surface area contributed by atoms with Crippen LogP contribution in [0.15, 0.2) is 52.4 Å². The minimum Gasteiger partial charge on any atom is -0.495 e. The van der Waals surface area contributed by atoms with E-state index in [2.05, 4.69) is 27.6 Å². The van der Waals surface area contributed by atoms with Crippen molar-refractivity contribution in [3.05, 3.63) is 56.4 Å². The van der Waals surface area contributed by atoms with Gasteiger partial charge in [0.2, 0.25) is 0 Å². The summed E-state index contributed by atoms with van der Waals surface area (Å²) in [5.41, 5.74) is 1.36. The lowest BCUT2D eigenvalue weighted by Crippen LogP contribution is -2.22. The third-order valence-corrected chi connectivity index (χ3v) is 4.89. The smallest absolute Gasteiger partial charge is 0.266 e. The molecule has 0 saturated heterocycles. The van der Waals surface area contributed by atoms with Crippen LogP contribution in [0, 0.1) is 3.57 Å². The summed E-state index contributed by atoms with van der Waals surface area (Å²) < 4.78 is 8.08. The summed E-state index contributed by atoms with van der Waals surface area (Å²) in [6.07, 6.45) is 0. The summed E-state index contributed by atoms with van der Waals surface area (Å²) in [7, 11) is 1.61. The molecule has 0 fully saturated rings. The van der Waals surface area contributed by atoms with E-state index in [4.69, 9.17) is 4.74 Å². The van der Waals surface area contributed by atoms with E-state index in [0.717, 1.165) is 14.8 Å². The lowest BCUT2D eigenvalue weighted by molar-refractivity contribution is 0.411. The number of methoxy groups -OCH3 is 1. The molecule has 1 aromatic heterocycles. The summed E-state index contributed by atoms with van der Waals surface area (Å²) >= 11 is 3.75. The molecule has 0 N–H and O–H groups in total. The number of nitrogens with zero attached hydrogens (tertiary/aromatic N) is 2. The van der Waals surface area contributed by atoms with Crippen LogP contribution in [0.5, 0.6) is 5.75 Å². The molecule has 4 nitrogen and oxygen atoms in total. The van der Waals surface area contributed by atoms with Gasteiger partial charge in [0.05, 0.1) is 23.7 Å². The van der Waals surface area contributed by atoms with E-state index in [0.29, 0.717) is 22.0 Å². The average Bonchev–Trinajstić information content (AvgIpc) is 2.56. The molecule has 0 atom stereocenters. The largest absolute Gasteiger partial charge is 0.495 e. The molecule has 0 spiro atoms. The van der Waals surface area contributed by atoms with Gasteiger partial charge >= 0.3 is 0 Å². The molecule has 0 aliphatic heterocycles. The van der Waals surface area contributed by atoms with Gasteiger partial charge in [0.15, 0.2) is 5.16 Å². The van der Waals surface area contributed by atoms with Crippen molar-refractivity contribution in [1.82, 2.24) is 9.55 Å². The van der Waals surface area contributed by atoms with Crippen molar-refractivity contribution >= 4 is 45.3 Å². The first-order chi connectivity index (χ1) is 11.2. The van der Waals surface area contributed by atoms with Crippen molar-refractivity contribution in [2.24, 2.45) is 0 Å². The summed E-state index contributed by atoms with van der Waals surface area (Å²) in [5, 5.41) is 1.29. The molecule has 1 heterocycles. The Labute approximate surface area is 152 Å². The maximum absolute atomic E-state index is 13.1. The molecule has 0 unspecified atom stereocenters. The molecule has 6 heteroatoms. The highest BCUT2D eigenvalue weighted by Gasteiger charge is 2.15. The lowest BCUT2D eigenvalue weighted by atomic mass is 10.2. The van der Waals surface area contributed by atoms with Gasteiger partial charge in [-0.1, -0.05) is 30.8 Å². The van der Waals surface area contributed by atoms with E-state index in [-0.39, 0.29) is 5.56 Å². The number of hydrogen-bond acceptors (Lipinski definition) is 4. The number of para-hydroxylation sites is 2. The number of aromatic nitrogens is 2. The zero-order valence-corrected chi connectivity index (χ0v) is 15.7. The van der Waals surface area contributed by atoms with E-state index < -0.39 is 0 Å². The molecule has 118 valence electrons. The Kier molecular flexibility index (Phi) is 4.91. The Bertz CT molecular complexity index is 924. The number of halogens is 1. The van der Waals surface area contributed by atoms with Crippen LogP contribution in [0.1, 0.15) is 6.92 Å². The predicted molar refractivity (Wildman–Crippen MR) is 103 cm³/mol. The van der Waals surface area contributed by atoms with E-state index in [1.807, 2.05) is 49.4 Å². The molecule has 0 amide bonds. The van der Waals surface area contributed by atoms with E-state index in [1.165, 1.54) is 0 Å². The maximum Gasteiger partial charge on any atom is 0.266 e. The molecular formula is C17H15IN2O2S. The van der Waals surface area contributed by atoms with Gasteiger partial charge < -0.3 is 4.74 Å². The first kappa shape index (κ1) is 16.3. The second kappa shape index (κ2) is 6.92. The van der Waals surface area contributed by atoms with E-state index >= 15 is 0 Å². The van der Waals surface area contributed by atoms with Gasteiger partial charge in [-0.2, -0.15) is 0 Å². The fraction of sp³-hybridized carbons (Fsp3) is 0.176. The predicted octanol–water partition coefficient (Wildman–Crippen LogP) is 4.11.